The molecule has 0 saturated carbocycles. The van der Waals surface area contributed by atoms with Crippen LogP contribution < -0.4 is 10.7 Å². The fraction of sp³-hybridized carbons (Fsp3) is 0.300. The Hall–Kier alpha value is -2.90. The lowest BCUT2D eigenvalue weighted by Gasteiger charge is -2.33. The van der Waals surface area contributed by atoms with Crippen LogP contribution >= 0.6 is 0 Å². The summed E-state index contributed by atoms with van der Waals surface area (Å²) in [6, 6.07) is 11.7. The minimum atomic E-state index is -0.428. The second-order valence-corrected chi connectivity index (χ2v) is 6.36. The second kappa shape index (κ2) is 7.77. The van der Waals surface area contributed by atoms with Gasteiger partial charge in [0.15, 0.2) is 11.2 Å². The van der Waals surface area contributed by atoms with Crippen LogP contribution in [0.5, 0.6) is 0 Å². The van der Waals surface area contributed by atoms with Crippen LogP contribution in [0.15, 0.2) is 62.4 Å². The molecule has 140 valence electrons. The Morgan fingerprint density at radius 3 is 2.74 bits per heavy atom. The van der Waals surface area contributed by atoms with Crippen LogP contribution in [0.25, 0.3) is 11.0 Å². The van der Waals surface area contributed by atoms with Crippen molar-refractivity contribution in [2.24, 2.45) is 0 Å². The number of fused-ring (bicyclic) bond motifs is 1. The molecule has 1 atom stereocenters. The molecule has 1 aliphatic rings. The maximum Gasteiger partial charge on any atom is 0.287 e. The Labute approximate surface area is 155 Å². The fourth-order valence-electron chi connectivity index (χ4n) is 3.27. The molecule has 1 saturated heterocycles. The molecule has 1 aromatic carbocycles. The molecule has 7 heteroatoms. The molecule has 0 bridgehead atoms. The molecule has 4 rings (SSSR count). The van der Waals surface area contributed by atoms with E-state index in [0.717, 1.165) is 18.8 Å². The third-order valence-electron chi connectivity index (χ3n) is 4.67. The smallest absolute Gasteiger partial charge is 0.287 e. The Bertz CT molecular complexity index is 973. The lowest BCUT2D eigenvalue weighted by Crippen LogP contribution is -2.43. The largest absolute Gasteiger partial charge is 0.468 e. The first kappa shape index (κ1) is 17.5. The molecule has 1 fully saturated rings. The van der Waals surface area contributed by atoms with Crippen molar-refractivity contribution in [1.82, 2.24) is 10.2 Å². The van der Waals surface area contributed by atoms with Crippen LogP contribution in [0.2, 0.25) is 0 Å². The van der Waals surface area contributed by atoms with E-state index in [1.165, 1.54) is 6.07 Å². The van der Waals surface area contributed by atoms with Crippen LogP contribution in [0.4, 0.5) is 0 Å². The molecule has 3 aromatic rings. The predicted octanol–water partition coefficient (Wildman–Crippen LogP) is 2.19. The number of nitrogens with one attached hydrogen (secondary N) is 1. The molecule has 1 unspecified atom stereocenters. The number of amides is 1. The summed E-state index contributed by atoms with van der Waals surface area (Å²) in [5.74, 6) is 0.346. The van der Waals surface area contributed by atoms with Gasteiger partial charge in [-0.15, -0.1) is 0 Å². The van der Waals surface area contributed by atoms with E-state index in [1.54, 1.807) is 30.5 Å². The van der Waals surface area contributed by atoms with Gasteiger partial charge in [0, 0.05) is 25.7 Å². The molecular weight excluding hydrogens is 348 g/mol. The van der Waals surface area contributed by atoms with Crippen molar-refractivity contribution < 1.29 is 18.4 Å². The summed E-state index contributed by atoms with van der Waals surface area (Å²) in [5.41, 5.74) is 0.156. The number of para-hydroxylation sites is 1. The number of rotatable bonds is 5. The topological polar surface area (TPSA) is 84.9 Å². The Morgan fingerprint density at radius 2 is 1.96 bits per heavy atom. The molecule has 3 heterocycles. The summed E-state index contributed by atoms with van der Waals surface area (Å²) in [6.07, 6.45) is 1.62. The minimum Gasteiger partial charge on any atom is -0.468 e. The molecule has 7 nitrogen and oxygen atoms in total. The predicted molar refractivity (Wildman–Crippen MR) is 98.7 cm³/mol. The molecule has 27 heavy (non-hydrogen) atoms. The first-order chi connectivity index (χ1) is 13.2. The molecule has 0 radical (unpaired) electrons. The lowest BCUT2D eigenvalue weighted by atomic mass is 10.1. The minimum absolute atomic E-state index is 0.00104. The van der Waals surface area contributed by atoms with Gasteiger partial charge in [-0.25, -0.2) is 0 Å². The average molecular weight is 368 g/mol. The van der Waals surface area contributed by atoms with E-state index < -0.39 is 5.91 Å². The number of carbonyl (C=O) groups is 1. The van der Waals surface area contributed by atoms with E-state index in [2.05, 4.69) is 10.2 Å². The van der Waals surface area contributed by atoms with Crippen LogP contribution in [0.1, 0.15) is 22.4 Å². The summed E-state index contributed by atoms with van der Waals surface area (Å²) in [6.45, 7) is 3.14. The normalized spacial score (nSPS) is 16.3. The van der Waals surface area contributed by atoms with Gasteiger partial charge < -0.3 is 18.9 Å². The summed E-state index contributed by atoms with van der Waals surface area (Å²) < 4.78 is 16.6. The fourth-order valence-corrected chi connectivity index (χ4v) is 3.27. The number of nitrogens with zero attached hydrogens (tertiary/aromatic N) is 1. The van der Waals surface area contributed by atoms with Gasteiger partial charge in [-0.2, -0.15) is 0 Å². The van der Waals surface area contributed by atoms with Crippen LogP contribution in [-0.2, 0) is 4.74 Å². The van der Waals surface area contributed by atoms with Gasteiger partial charge >= 0.3 is 0 Å². The second-order valence-electron chi connectivity index (χ2n) is 6.36. The number of morpholine rings is 1. The molecule has 0 aliphatic carbocycles. The Kier molecular flexibility index (Phi) is 5.04. The van der Waals surface area contributed by atoms with Crippen molar-refractivity contribution in [2.45, 2.75) is 6.04 Å². The number of hydrogen-bond donors (Lipinski definition) is 1. The van der Waals surface area contributed by atoms with Crippen molar-refractivity contribution in [3.63, 3.8) is 0 Å². The van der Waals surface area contributed by atoms with E-state index in [0.29, 0.717) is 30.7 Å². The number of furan rings is 1. The average Bonchev–Trinajstić information content (AvgIpc) is 3.23. The molecule has 1 amide bonds. The van der Waals surface area contributed by atoms with E-state index in [1.807, 2.05) is 12.1 Å². The highest BCUT2D eigenvalue weighted by molar-refractivity contribution is 5.93. The van der Waals surface area contributed by atoms with Crippen LogP contribution in [0.3, 0.4) is 0 Å². The maximum absolute atomic E-state index is 12.6. The van der Waals surface area contributed by atoms with Gasteiger partial charge in [0.1, 0.15) is 11.3 Å². The highest BCUT2D eigenvalue weighted by atomic mass is 16.5. The van der Waals surface area contributed by atoms with Gasteiger partial charge in [-0.3, -0.25) is 14.5 Å². The number of ether oxygens (including phenoxy) is 1. The SMILES string of the molecule is O=C(NCC(c1ccco1)N1CCOCC1)c1cc(=O)c2ccccc2o1. The van der Waals surface area contributed by atoms with Crippen molar-refractivity contribution in [3.8, 4) is 0 Å². The van der Waals surface area contributed by atoms with Gasteiger partial charge in [0.25, 0.3) is 5.91 Å². The summed E-state index contributed by atoms with van der Waals surface area (Å²) in [5, 5.41) is 3.32. The van der Waals surface area contributed by atoms with Crippen LogP contribution in [0, 0.1) is 0 Å². The quantitative estimate of drug-likeness (QED) is 0.743. The molecule has 0 spiro atoms. The number of carbonyl (C=O) groups excluding carboxylic acids is 1. The van der Waals surface area contributed by atoms with E-state index in [-0.39, 0.29) is 17.2 Å². The molecular formula is C20H20N2O5. The third-order valence-corrected chi connectivity index (χ3v) is 4.67. The van der Waals surface area contributed by atoms with Gasteiger partial charge in [-0.05, 0) is 24.3 Å². The van der Waals surface area contributed by atoms with Gasteiger partial charge in [-0.1, -0.05) is 12.1 Å². The first-order valence-corrected chi connectivity index (χ1v) is 8.88. The van der Waals surface area contributed by atoms with E-state index in [4.69, 9.17) is 13.6 Å². The zero-order chi connectivity index (χ0) is 18.6. The molecule has 1 aliphatic heterocycles. The monoisotopic (exact) mass is 368 g/mol. The zero-order valence-corrected chi connectivity index (χ0v) is 14.7. The van der Waals surface area contributed by atoms with E-state index in [9.17, 15) is 9.59 Å². The van der Waals surface area contributed by atoms with Gasteiger partial charge in [0.05, 0.1) is 30.9 Å². The Morgan fingerprint density at radius 1 is 1.15 bits per heavy atom. The Balaban J connectivity index is 1.52. The molecule has 2 aromatic heterocycles. The highest BCUT2D eigenvalue weighted by Gasteiger charge is 2.25. The summed E-state index contributed by atoms with van der Waals surface area (Å²) in [7, 11) is 0. The van der Waals surface area contributed by atoms with Gasteiger partial charge in [0.2, 0.25) is 0 Å². The number of benzene rings is 1. The van der Waals surface area contributed by atoms with Crippen molar-refractivity contribution in [2.75, 3.05) is 32.8 Å². The van der Waals surface area contributed by atoms with Crippen molar-refractivity contribution >= 4 is 16.9 Å². The summed E-state index contributed by atoms with van der Waals surface area (Å²) >= 11 is 0. The first-order valence-electron chi connectivity index (χ1n) is 8.88. The molecule has 1 N–H and O–H groups in total. The van der Waals surface area contributed by atoms with Crippen LogP contribution in [-0.4, -0.2) is 43.7 Å². The standard InChI is InChI=1S/C20H20N2O5/c23-16-12-19(27-17-5-2-1-4-14(16)17)20(24)21-13-15(18-6-3-9-26-18)22-7-10-25-11-8-22/h1-6,9,12,15H,7-8,10-11,13H2,(H,21,24). The van der Waals surface area contributed by atoms with Crippen molar-refractivity contribution in [1.29, 1.82) is 0 Å². The van der Waals surface area contributed by atoms with Crippen molar-refractivity contribution in [3.05, 3.63) is 70.5 Å². The maximum atomic E-state index is 12.6. The third kappa shape index (κ3) is 3.79. The number of hydrogen-bond acceptors (Lipinski definition) is 6. The highest BCUT2D eigenvalue weighted by Crippen LogP contribution is 2.22. The summed E-state index contributed by atoms with van der Waals surface area (Å²) in [4.78, 5) is 27.0. The zero-order valence-electron chi connectivity index (χ0n) is 14.7. The lowest BCUT2D eigenvalue weighted by molar-refractivity contribution is 0.0117. The van der Waals surface area contributed by atoms with E-state index >= 15 is 0 Å².